The molecule has 0 unspecified atom stereocenters. The lowest BCUT2D eigenvalue weighted by molar-refractivity contribution is -0.151. The third kappa shape index (κ3) is 5.10. The normalized spacial score (nSPS) is 11.3. The molecule has 3 rings (SSSR count). The second kappa shape index (κ2) is 8.88. The molecule has 6 nitrogen and oxygen atoms in total. The van der Waals surface area contributed by atoms with Crippen molar-refractivity contribution in [3.63, 3.8) is 0 Å². The Morgan fingerprint density at radius 2 is 1.79 bits per heavy atom. The first-order chi connectivity index (χ1) is 13.8. The van der Waals surface area contributed by atoms with E-state index in [1.165, 1.54) is 11.8 Å². The van der Waals surface area contributed by atoms with Gasteiger partial charge in [0, 0.05) is 5.56 Å². The Bertz CT molecular complexity index is 1010. The standard InChI is InChI=1S/C21H22ClN3O3S/c1-21(2,3)28-18(26)13-29-20-24-23-19(14-9-5-6-10-15(14)22)25(20)16-11-7-8-12-17(16)27-4/h5-12H,13H2,1-4H3. The average Bonchev–Trinajstić information content (AvgIpc) is 3.09. The monoisotopic (exact) mass is 431 g/mol. The summed E-state index contributed by atoms with van der Waals surface area (Å²) in [5.41, 5.74) is 0.940. The van der Waals surface area contributed by atoms with Gasteiger partial charge in [-0.15, -0.1) is 10.2 Å². The lowest BCUT2D eigenvalue weighted by atomic mass is 10.2. The fourth-order valence-electron chi connectivity index (χ4n) is 2.71. The zero-order valence-corrected chi connectivity index (χ0v) is 18.3. The number of halogens is 1. The van der Waals surface area contributed by atoms with Crippen molar-refractivity contribution in [2.45, 2.75) is 31.5 Å². The molecule has 152 valence electrons. The SMILES string of the molecule is COc1ccccc1-n1c(SCC(=O)OC(C)(C)C)nnc1-c1ccccc1Cl. The van der Waals surface area contributed by atoms with Crippen LogP contribution in [-0.4, -0.2) is 39.2 Å². The molecule has 3 aromatic rings. The van der Waals surface area contributed by atoms with Crippen LogP contribution < -0.4 is 4.74 Å². The molecule has 0 saturated heterocycles. The van der Waals surface area contributed by atoms with Crippen molar-refractivity contribution >= 4 is 29.3 Å². The van der Waals surface area contributed by atoms with E-state index in [2.05, 4.69) is 10.2 Å². The maximum Gasteiger partial charge on any atom is 0.316 e. The zero-order valence-electron chi connectivity index (χ0n) is 16.7. The van der Waals surface area contributed by atoms with E-state index in [4.69, 9.17) is 21.1 Å². The summed E-state index contributed by atoms with van der Waals surface area (Å²) >= 11 is 7.66. The third-order valence-electron chi connectivity index (χ3n) is 3.81. The molecule has 8 heteroatoms. The van der Waals surface area contributed by atoms with E-state index in [-0.39, 0.29) is 11.7 Å². The largest absolute Gasteiger partial charge is 0.495 e. The molecule has 0 bridgehead atoms. The quantitative estimate of drug-likeness (QED) is 0.403. The maximum atomic E-state index is 12.2. The molecule has 0 spiro atoms. The molecule has 0 N–H and O–H groups in total. The minimum Gasteiger partial charge on any atom is -0.495 e. The van der Waals surface area contributed by atoms with E-state index in [0.717, 1.165) is 11.3 Å². The van der Waals surface area contributed by atoms with Crippen molar-refractivity contribution in [1.29, 1.82) is 0 Å². The Hall–Kier alpha value is -2.51. The number of thioether (sulfide) groups is 1. The third-order valence-corrected chi connectivity index (χ3v) is 5.05. The van der Waals surface area contributed by atoms with Gasteiger partial charge < -0.3 is 9.47 Å². The van der Waals surface area contributed by atoms with Gasteiger partial charge in [-0.3, -0.25) is 9.36 Å². The molecule has 0 fully saturated rings. The van der Waals surface area contributed by atoms with E-state index in [1.807, 2.05) is 67.8 Å². The van der Waals surface area contributed by atoms with Crippen molar-refractivity contribution in [3.8, 4) is 22.8 Å². The van der Waals surface area contributed by atoms with Crippen molar-refractivity contribution in [3.05, 3.63) is 53.6 Å². The lowest BCUT2D eigenvalue weighted by Gasteiger charge is -2.19. The van der Waals surface area contributed by atoms with Crippen LogP contribution in [0.15, 0.2) is 53.7 Å². The van der Waals surface area contributed by atoms with Crippen molar-refractivity contribution < 1.29 is 14.3 Å². The number of aromatic nitrogens is 3. The van der Waals surface area contributed by atoms with Gasteiger partial charge in [-0.25, -0.2) is 0 Å². The molecule has 0 atom stereocenters. The Morgan fingerprint density at radius 3 is 2.48 bits per heavy atom. The van der Waals surface area contributed by atoms with Crippen LogP contribution in [0.5, 0.6) is 5.75 Å². The highest BCUT2D eigenvalue weighted by Crippen LogP contribution is 2.35. The van der Waals surface area contributed by atoms with Crippen LogP contribution in [0.25, 0.3) is 17.1 Å². The first-order valence-corrected chi connectivity index (χ1v) is 10.3. The average molecular weight is 432 g/mol. The number of nitrogens with zero attached hydrogens (tertiary/aromatic N) is 3. The number of esters is 1. The van der Waals surface area contributed by atoms with Crippen molar-refractivity contribution in [2.24, 2.45) is 0 Å². The summed E-state index contributed by atoms with van der Waals surface area (Å²) in [6.45, 7) is 5.51. The maximum absolute atomic E-state index is 12.2. The number of ether oxygens (including phenoxy) is 2. The van der Waals surface area contributed by atoms with Gasteiger partial charge in [0.15, 0.2) is 11.0 Å². The van der Waals surface area contributed by atoms with E-state index in [0.29, 0.717) is 21.8 Å². The summed E-state index contributed by atoms with van der Waals surface area (Å²) in [6, 6.07) is 15.0. The number of hydrogen-bond acceptors (Lipinski definition) is 6. The molecule has 29 heavy (non-hydrogen) atoms. The minimum atomic E-state index is -0.545. The highest BCUT2D eigenvalue weighted by Gasteiger charge is 2.22. The summed E-state index contributed by atoms with van der Waals surface area (Å²) in [4.78, 5) is 12.2. The van der Waals surface area contributed by atoms with Gasteiger partial charge in [0.2, 0.25) is 0 Å². The predicted octanol–water partition coefficient (Wildman–Crippen LogP) is 5.03. The summed E-state index contributed by atoms with van der Waals surface area (Å²) < 4.78 is 12.8. The Balaban J connectivity index is 2.04. The summed E-state index contributed by atoms with van der Waals surface area (Å²) in [6.07, 6.45) is 0. The molecule has 0 amide bonds. The van der Waals surface area contributed by atoms with Gasteiger partial charge >= 0.3 is 5.97 Å². The van der Waals surface area contributed by atoms with Gasteiger partial charge in [-0.05, 0) is 45.0 Å². The van der Waals surface area contributed by atoms with Crippen LogP contribution in [0.3, 0.4) is 0 Å². The molecular weight excluding hydrogens is 410 g/mol. The zero-order chi connectivity index (χ0) is 21.0. The summed E-state index contributed by atoms with van der Waals surface area (Å²) in [5.74, 6) is 0.996. The number of benzene rings is 2. The number of hydrogen-bond donors (Lipinski definition) is 0. The first-order valence-electron chi connectivity index (χ1n) is 8.98. The van der Waals surface area contributed by atoms with Crippen molar-refractivity contribution in [2.75, 3.05) is 12.9 Å². The van der Waals surface area contributed by atoms with E-state index < -0.39 is 5.60 Å². The molecule has 0 aliphatic carbocycles. The van der Waals surface area contributed by atoms with E-state index in [9.17, 15) is 4.79 Å². The van der Waals surface area contributed by atoms with Crippen LogP contribution in [0.1, 0.15) is 20.8 Å². The molecule has 0 aliphatic heterocycles. The number of carbonyl (C=O) groups is 1. The minimum absolute atomic E-state index is 0.104. The smallest absolute Gasteiger partial charge is 0.316 e. The number of methoxy groups -OCH3 is 1. The molecule has 0 aliphatic rings. The van der Waals surface area contributed by atoms with Gasteiger partial charge in [0.1, 0.15) is 11.4 Å². The van der Waals surface area contributed by atoms with Crippen LogP contribution >= 0.6 is 23.4 Å². The molecular formula is C21H22ClN3O3S. The fourth-order valence-corrected chi connectivity index (χ4v) is 3.65. The predicted molar refractivity (Wildman–Crippen MR) is 115 cm³/mol. The van der Waals surface area contributed by atoms with Gasteiger partial charge in [-0.2, -0.15) is 0 Å². The van der Waals surface area contributed by atoms with Crippen LogP contribution in [-0.2, 0) is 9.53 Å². The highest BCUT2D eigenvalue weighted by atomic mass is 35.5. The Morgan fingerprint density at radius 1 is 1.10 bits per heavy atom. The van der Waals surface area contributed by atoms with E-state index in [1.54, 1.807) is 13.2 Å². The number of rotatable bonds is 6. The molecule has 0 radical (unpaired) electrons. The van der Waals surface area contributed by atoms with Crippen LogP contribution in [0, 0.1) is 0 Å². The molecule has 1 heterocycles. The first kappa shape index (κ1) is 21.2. The van der Waals surface area contributed by atoms with Gasteiger partial charge in [-0.1, -0.05) is 47.6 Å². The number of carbonyl (C=O) groups excluding carboxylic acids is 1. The molecule has 2 aromatic carbocycles. The number of para-hydroxylation sites is 2. The Labute approximate surface area is 179 Å². The van der Waals surface area contributed by atoms with Gasteiger partial charge in [0.05, 0.1) is 23.6 Å². The van der Waals surface area contributed by atoms with Crippen LogP contribution in [0.4, 0.5) is 0 Å². The molecule has 0 saturated carbocycles. The van der Waals surface area contributed by atoms with Crippen molar-refractivity contribution in [1.82, 2.24) is 14.8 Å². The summed E-state index contributed by atoms with van der Waals surface area (Å²) in [7, 11) is 1.60. The molecule has 1 aromatic heterocycles. The second-order valence-electron chi connectivity index (χ2n) is 7.17. The Kier molecular flexibility index (Phi) is 6.49. The fraction of sp³-hybridized carbons (Fsp3) is 0.286. The topological polar surface area (TPSA) is 66.2 Å². The highest BCUT2D eigenvalue weighted by molar-refractivity contribution is 7.99. The second-order valence-corrected chi connectivity index (χ2v) is 8.52. The summed E-state index contributed by atoms with van der Waals surface area (Å²) in [5, 5.41) is 9.75. The van der Waals surface area contributed by atoms with E-state index >= 15 is 0 Å². The van der Waals surface area contributed by atoms with Gasteiger partial charge in [0.25, 0.3) is 0 Å². The van der Waals surface area contributed by atoms with Crippen LogP contribution in [0.2, 0.25) is 5.02 Å². The lowest BCUT2D eigenvalue weighted by Crippen LogP contribution is -2.25.